The molecule has 1 saturated heterocycles. The quantitative estimate of drug-likeness (QED) is 0.716. The van der Waals surface area contributed by atoms with Gasteiger partial charge in [0.25, 0.3) is 0 Å². The summed E-state index contributed by atoms with van der Waals surface area (Å²) in [6.45, 7) is 7.48. The van der Waals surface area contributed by atoms with Crippen LogP contribution in [-0.4, -0.2) is 48.1 Å². The molecule has 5 nitrogen and oxygen atoms in total. The fourth-order valence-corrected chi connectivity index (χ4v) is 3.04. The highest BCUT2D eigenvalue weighted by Crippen LogP contribution is 2.42. The van der Waals surface area contributed by atoms with Gasteiger partial charge < -0.3 is 15.0 Å². The normalized spacial score (nSPS) is 30.6. The molecule has 0 radical (unpaired) electrons. The summed E-state index contributed by atoms with van der Waals surface area (Å²) in [5, 5.41) is 2.99. The van der Waals surface area contributed by atoms with E-state index in [4.69, 9.17) is 4.74 Å². The summed E-state index contributed by atoms with van der Waals surface area (Å²) in [5.41, 5.74) is -0.701. The molecule has 0 spiro atoms. The van der Waals surface area contributed by atoms with Crippen LogP contribution in [0.2, 0.25) is 0 Å². The third kappa shape index (κ3) is 2.82. The molecule has 2 fully saturated rings. The van der Waals surface area contributed by atoms with E-state index in [0.29, 0.717) is 32.1 Å². The van der Waals surface area contributed by atoms with E-state index in [-0.39, 0.29) is 17.9 Å². The number of carbonyl (C=O) groups excluding carboxylic acids is 2. The van der Waals surface area contributed by atoms with E-state index in [1.165, 1.54) is 0 Å². The third-order valence-corrected chi connectivity index (χ3v) is 4.40. The third-order valence-electron chi connectivity index (χ3n) is 4.40. The molecule has 2 amide bonds. The van der Waals surface area contributed by atoms with E-state index in [9.17, 15) is 9.59 Å². The van der Waals surface area contributed by atoms with Crippen LogP contribution in [0.25, 0.3) is 0 Å². The number of hydrogen-bond acceptors (Lipinski definition) is 3. The van der Waals surface area contributed by atoms with E-state index < -0.39 is 5.54 Å². The van der Waals surface area contributed by atoms with Crippen LogP contribution in [0.4, 0.5) is 0 Å². The number of nitrogens with zero attached hydrogens (tertiary/aromatic N) is 1. The lowest BCUT2D eigenvalue weighted by Crippen LogP contribution is -2.70. The van der Waals surface area contributed by atoms with Crippen LogP contribution in [0.15, 0.2) is 0 Å². The minimum Gasteiger partial charge on any atom is -0.380 e. The molecule has 114 valence electrons. The second kappa shape index (κ2) is 6.12. The van der Waals surface area contributed by atoms with E-state index >= 15 is 0 Å². The number of hydrogen-bond donors (Lipinski definition) is 1. The van der Waals surface area contributed by atoms with Crippen molar-refractivity contribution < 1.29 is 14.3 Å². The second-order valence-electron chi connectivity index (χ2n) is 5.97. The standard InChI is InChI=1S/C15H26N2O3/c1-4-6-12-13(18)16-15(3,11-7-8-11)14(19)17(12)9-10-20-5-2/h11-12H,4-10H2,1-3H3,(H,16,18). The van der Waals surface area contributed by atoms with Gasteiger partial charge in [-0.25, -0.2) is 0 Å². The molecule has 0 aromatic rings. The highest BCUT2D eigenvalue weighted by molar-refractivity contribution is 6.00. The topological polar surface area (TPSA) is 58.6 Å². The number of carbonyl (C=O) groups is 2. The van der Waals surface area contributed by atoms with Gasteiger partial charge >= 0.3 is 0 Å². The van der Waals surface area contributed by atoms with Crippen LogP contribution in [0, 0.1) is 5.92 Å². The average Bonchev–Trinajstić information content (AvgIpc) is 3.24. The fraction of sp³-hybridized carbons (Fsp3) is 0.867. The molecule has 2 aliphatic rings. The molecule has 1 aliphatic heterocycles. The van der Waals surface area contributed by atoms with Gasteiger partial charge in [-0.2, -0.15) is 0 Å². The summed E-state index contributed by atoms with van der Waals surface area (Å²) < 4.78 is 5.36. The van der Waals surface area contributed by atoms with E-state index in [1.54, 1.807) is 4.90 Å². The number of piperazine rings is 1. The molecule has 0 aromatic carbocycles. The monoisotopic (exact) mass is 282 g/mol. The number of rotatable bonds is 7. The number of nitrogens with one attached hydrogen (secondary N) is 1. The van der Waals surface area contributed by atoms with Crippen molar-refractivity contribution in [2.45, 2.75) is 58.0 Å². The molecular formula is C15H26N2O3. The van der Waals surface area contributed by atoms with Crippen LogP contribution in [0.1, 0.15) is 46.5 Å². The van der Waals surface area contributed by atoms with Crippen molar-refractivity contribution in [2.24, 2.45) is 5.92 Å². The predicted octanol–water partition coefficient (Wildman–Crippen LogP) is 1.32. The molecule has 0 aromatic heterocycles. The molecule has 1 saturated carbocycles. The molecule has 20 heavy (non-hydrogen) atoms. The second-order valence-corrected chi connectivity index (χ2v) is 5.97. The number of amides is 2. The Hall–Kier alpha value is -1.10. The zero-order chi connectivity index (χ0) is 14.8. The first kappa shape index (κ1) is 15.3. The van der Waals surface area contributed by atoms with Crippen molar-refractivity contribution in [3.05, 3.63) is 0 Å². The zero-order valence-electron chi connectivity index (χ0n) is 12.8. The molecule has 2 unspecified atom stereocenters. The maximum atomic E-state index is 12.8. The summed E-state index contributed by atoms with van der Waals surface area (Å²) >= 11 is 0. The maximum absolute atomic E-state index is 12.8. The lowest BCUT2D eigenvalue weighted by atomic mass is 9.88. The van der Waals surface area contributed by atoms with Gasteiger partial charge in [-0.1, -0.05) is 13.3 Å². The van der Waals surface area contributed by atoms with E-state index in [1.807, 2.05) is 20.8 Å². The van der Waals surface area contributed by atoms with Crippen molar-refractivity contribution in [1.29, 1.82) is 0 Å². The van der Waals surface area contributed by atoms with Crippen molar-refractivity contribution in [3.63, 3.8) is 0 Å². The van der Waals surface area contributed by atoms with Crippen molar-refractivity contribution >= 4 is 11.8 Å². The molecule has 1 N–H and O–H groups in total. The molecule has 2 rings (SSSR count). The molecule has 5 heteroatoms. The van der Waals surface area contributed by atoms with Gasteiger partial charge in [-0.3, -0.25) is 9.59 Å². The largest absolute Gasteiger partial charge is 0.380 e. The van der Waals surface area contributed by atoms with E-state index in [0.717, 1.165) is 19.3 Å². The lowest BCUT2D eigenvalue weighted by molar-refractivity contribution is -0.156. The summed E-state index contributed by atoms with van der Waals surface area (Å²) in [7, 11) is 0. The summed E-state index contributed by atoms with van der Waals surface area (Å²) in [5.74, 6) is 0.367. The van der Waals surface area contributed by atoms with Crippen LogP contribution in [0.3, 0.4) is 0 Å². The van der Waals surface area contributed by atoms with Crippen molar-refractivity contribution in [3.8, 4) is 0 Å². The number of ether oxygens (including phenoxy) is 1. The summed E-state index contributed by atoms with van der Waals surface area (Å²) in [4.78, 5) is 26.9. The maximum Gasteiger partial charge on any atom is 0.249 e. The Morgan fingerprint density at radius 2 is 2.05 bits per heavy atom. The highest BCUT2D eigenvalue weighted by Gasteiger charge is 2.54. The molecule has 1 aliphatic carbocycles. The Morgan fingerprint density at radius 3 is 2.60 bits per heavy atom. The molecule has 1 heterocycles. The molecule has 2 atom stereocenters. The minimum atomic E-state index is -0.701. The summed E-state index contributed by atoms with van der Waals surface area (Å²) in [6, 6.07) is -0.334. The van der Waals surface area contributed by atoms with Crippen molar-refractivity contribution in [1.82, 2.24) is 10.2 Å². The van der Waals surface area contributed by atoms with Crippen molar-refractivity contribution in [2.75, 3.05) is 19.8 Å². The predicted molar refractivity (Wildman–Crippen MR) is 76.2 cm³/mol. The Balaban J connectivity index is 2.14. The van der Waals surface area contributed by atoms with Gasteiger partial charge in [0.2, 0.25) is 11.8 Å². The smallest absolute Gasteiger partial charge is 0.249 e. The Kier molecular flexibility index (Phi) is 4.68. The average molecular weight is 282 g/mol. The van der Waals surface area contributed by atoms with Gasteiger partial charge in [-0.15, -0.1) is 0 Å². The fourth-order valence-electron chi connectivity index (χ4n) is 3.04. The van der Waals surface area contributed by atoms with Gasteiger partial charge in [-0.05, 0) is 39.0 Å². The van der Waals surface area contributed by atoms with Crippen LogP contribution >= 0.6 is 0 Å². The van der Waals surface area contributed by atoms with Crippen LogP contribution in [0.5, 0.6) is 0 Å². The van der Waals surface area contributed by atoms with Gasteiger partial charge in [0, 0.05) is 13.2 Å². The van der Waals surface area contributed by atoms with Gasteiger partial charge in [0.05, 0.1) is 6.61 Å². The Morgan fingerprint density at radius 1 is 1.35 bits per heavy atom. The Bertz CT molecular complexity index is 381. The van der Waals surface area contributed by atoms with Crippen LogP contribution in [-0.2, 0) is 14.3 Å². The first-order valence-corrected chi connectivity index (χ1v) is 7.75. The first-order chi connectivity index (χ1) is 9.54. The first-order valence-electron chi connectivity index (χ1n) is 7.75. The van der Waals surface area contributed by atoms with Gasteiger partial charge in [0.15, 0.2) is 0 Å². The zero-order valence-corrected chi connectivity index (χ0v) is 12.8. The van der Waals surface area contributed by atoms with E-state index in [2.05, 4.69) is 5.32 Å². The summed E-state index contributed by atoms with van der Waals surface area (Å²) in [6.07, 6.45) is 3.65. The highest BCUT2D eigenvalue weighted by atomic mass is 16.5. The molecular weight excluding hydrogens is 256 g/mol. The van der Waals surface area contributed by atoms with Crippen LogP contribution < -0.4 is 5.32 Å². The van der Waals surface area contributed by atoms with Gasteiger partial charge in [0.1, 0.15) is 11.6 Å². The lowest BCUT2D eigenvalue weighted by Gasteiger charge is -2.44. The Labute approximate surface area is 121 Å². The minimum absolute atomic E-state index is 0.00246. The molecule has 0 bridgehead atoms. The SMILES string of the molecule is CCCC1C(=O)NC(C)(C2CC2)C(=O)N1CCOCC.